The fraction of sp³-hybridized carbons (Fsp3) is 0.346. The Morgan fingerprint density at radius 3 is 2.74 bits per heavy atom. The number of nitrogens with one attached hydrogen (secondary N) is 2. The Labute approximate surface area is 237 Å². The summed E-state index contributed by atoms with van der Waals surface area (Å²) in [6.07, 6.45) is -2.34. The molecule has 1 aromatic carbocycles. The zero-order chi connectivity index (χ0) is 30.3. The van der Waals surface area contributed by atoms with Crippen LogP contribution in [0.1, 0.15) is 49.7 Å². The summed E-state index contributed by atoms with van der Waals surface area (Å²) in [6.45, 7) is -1.62. The molecular weight excluding hydrogens is 581 g/mol. The maximum absolute atomic E-state index is 13.6. The van der Waals surface area contributed by atoms with Crippen molar-refractivity contribution in [2.24, 2.45) is 0 Å². The number of carbonyl (C=O) groups excluding carboxylic acids is 2. The molecule has 0 unspecified atom stereocenters. The van der Waals surface area contributed by atoms with E-state index in [-0.39, 0.29) is 47.1 Å². The first kappa shape index (κ1) is 29.0. The number of nitrogens with zero attached hydrogens (tertiary/aromatic N) is 4. The fourth-order valence-corrected chi connectivity index (χ4v) is 5.98. The second-order valence-electron chi connectivity index (χ2n) is 9.78. The van der Waals surface area contributed by atoms with E-state index in [1.807, 2.05) is 10.8 Å². The van der Waals surface area contributed by atoms with Crippen LogP contribution in [0, 0.1) is 11.3 Å². The number of pyridine rings is 1. The minimum absolute atomic E-state index is 0.0377. The summed E-state index contributed by atoms with van der Waals surface area (Å²) in [4.78, 5) is 31.1. The number of nitriles is 1. The summed E-state index contributed by atoms with van der Waals surface area (Å²) in [5.74, 6) is -2.23. The van der Waals surface area contributed by atoms with Crippen molar-refractivity contribution in [3.8, 4) is 17.6 Å². The maximum Gasteiger partial charge on any atom is 0.422 e. The monoisotopic (exact) mass is 604 g/mol. The van der Waals surface area contributed by atoms with E-state index < -0.39 is 45.9 Å². The summed E-state index contributed by atoms with van der Waals surface area (Å²) in [5.41, 5.74) is 0.275. The third kappa shape index (κ3) is 5.65. The van der Waals surface area contributed by atoms with Crippen LogP contribution in [0.25, 0.3) is 5.82 Å². The number of rotatable bonds is 8. The Balaban J connectivity index is 1.54. The lowest BCUT2D eigenvalue weighted by Gasteiger charge is -2.35. The van der Waals surface area contributed by atoms with Gasteiger partial charge in [0.25, 0.3) is 11.8 Å². The van der Waals surface area contributed by atoms with Gasteiger partial charge in [-0.05, 0) is 48.2 Å². The Hall–Kier alpha value is -4.49. The number of aryl methyl sites for hydroxylation is 1. The minimum Gasteiger partial charge on any atom is -0.484 e. The minimum atomic E-state index is -4.50. The topological polar surface area (TPSA) is 165 Å². The number of hydrogen-bond acceptors (Lipinski definition) is 9. The third-order valence-corrected chi connectivity index (χ3v) is 8.14. The Morgan fingerprint density at radius 1 is 1.29 bits per heavy atom. The molecular formula is C26H23F3N6O6S. The van der Waals surface area contributed by atoms with Crippen LogP contribution >= 0.6 is 0 Å². The molecule has 2 amide bonds. The van der Waals surface area contributed by atoms with E-state index >= 15 is 0 Å². The van der Waals surface area contributed by atoms with E-state index in [0.717, 1.165) is 4.68 Å². The van der Waals surface area contributed by atoms with Crippen LogP contribution in [0.15, 0.2) is 36.5 Å². The third-order valence-electron chi connectivity index (χ3n) is 6.94. The first-order chi connectivity index (χ1) is 19.8. The lowest BCUT2D eigenvalue weighted by molar-refractivity contribution is -0.153. The van der Waals surface area contributed by atoms with Crippen molar-refractivity contribution in [1.82, 2.24) is 24.8 Å². The predicted molar refractivity (Wildman–Crippen MR) is 138 cm³/mol. The van der Waals surface area contributed by atoms with E-state index in [2.05, 4.69) is 15.4 Å². The number of alkyl halides is 3. The van der Waals surface area contributed by atoms with Crippen molar-refractivity contribution < 1.29 is 40.7 Å². The average molecular weight is 605 g/mol. The van der Waals surface area contributed by atoms with Gasteiger partial charge in [-0.15, -0.1) is 0 Å². The molecule has 16 heteroatoms. The number of ether oxygens (including phenoxy) is 2. The van der Waals surface area contributed by atoms with E-state index in [0.29, 0.717) is 24.0 Å². The first-order valence-electron chi connectivity index (χ1n) is 12.5. The Bertz CT molecular complexity index is 1720. The quantitative estimate of drug-likeness (QED) is 0.391. The zero-order valence-electron chi connectivity index (χ0n) is 22.0. The number of hydrogen-bond donors (Lipinski definition) is 2. The van der Waals surface area contributed by atoms with Gasteiger partial charge < -0.3 is 14.8 Å². The van der Waals surface area contributed by atoms with Gasteiger partial charge in [-0.25, -0.2) is 22.8 Å². The molecule has 2 aromatic heterocycles. The molecule has 12 nitrogen and oxygen atoms in total. The van der Waals surface area contributed by atoms with Crippen LogP contribution in [0.3, 0.4) is 0 Å². The van der Waals surface area contributed by atoms with Crippen LogP contribution in [0.2, 0.25) is 0 Å². The van der Waals surface area contributed by atoms with Crippen LogP contribution in [0.4, 0.5) is 13.2 Å². The van der Waals surface area contributed by atoms with Crippen LogP contribution < -0.4 is 14.8 Å². The van der Waals surface area contributed by atoms with Gasteiger partial charge in [0.15, 0.2) is 12.4 Å². The van der Waals surface area contributed by atoms with Crippen molar-refractivity contribution in [2.75, 3.05) is 26.1 Å². The number of aromatic nitrogens is 3. The molecule has 2 N–H and O–H groups in total. The Kier molecular flexibility index (Phi) is 7.41. The van der Waals surface area contributed by atoms with Crippen molar-refractivity contribution in [1.29, 1.82) is 5.26 Å². The lowest BCUT2D eigenvalue weighted by Crippen LogP contribution is -2.50. The number of carbonyl (C=O) groups is 2. The average Bonchev–Trinajstić information content (AvgIpc) is 3.49. The lowest BCUT2D eigenvalue weighted by atomic mass is 9.82. The highest BCUT2D eigenvalue weighted by molar-refractivity contribution is 7.90. The molecule has 0 saturated carbocycles. The summed E-state index contributed by atoms with van der Waals surface area (Å²) in [6, 6.07) is 9.22. The highest BCUT2D eigenvalue weighted by Crippen LogP contribution is 2.44. The molecule has 0 fully saturated rings. The van der Waals surface area contributed by atoms with Gasteiger partial charge in [0.1, 0.15) is 17.5 Å². The first-order valence-corrected chi connectivity index (χ1v) is 14.2. The molecule has 0 bridgehead atoms. The number of fused-ring (bicyclic) bond motifs is 3. The van der Waals surface area contributed by atoms with Crippen LogP contribution in [0.5, 0.6) is 5.75 Å². The second kappa shape index (κ2) is 10.7. The Morgan fingerprint density at radius 2 is 2.07 bits per heavy atom. The summed E-state index contributed by atoms with van der Waals surface area (Å²) in [5, 5.41) is 16.5. The van der Waals surface area contributed by atoms with Crippen molar-refractivity contribution >= 4 is 21.8 Å². The van der Waals surface area contributed by atoms with Crippen LogP contribution in [-0.2, 0) is 33.1 Å². The molecule has 3 aromatic rings. The zero-order valence-corrected chi connectivity index (χ0v) is 22.8. The second-order valence-corrected chi connectivity index (χ2v) is 11.6. The van der Waals surface area contributed by atoms with Gasteiger partial charge >= 0.3 is 6.18 Å². The van der Waals surface area contributed by atoms with E-state index in [1.54, 1.807) is 6.07 Å². The molecule has 0 radical (unpaired) electrons. The highest BCUT2D eigenvalue weighted by atomic mass is 32.2. The smallest absolute Gasteiger partial charge is 0.422 e. The van der Waals surface area contributed by atoms with Crippen molar-refractivity contribution in [3.63, 3.8) is 0 Å². The SMILES string of the molecule is COCCS(=O)(=O)NC(=O)c1c2c(nn1-c1ccc(C#N)cn1)C[C@]1(CCc3cc(OCC(F)(F)F)ccc31)NC2=O. The van der Waals surface area contributed by atoms with Gasteiger partial charge in [-0.2, -0.15) is 23.5 Å². The van der Waals surface area contributed by atoms with Gasteiger partial charge in [0.2, 0.25) is 10.0 Å². The number of methoxy groups -OCH3 is 1. The predicted octanol–water partition coefficient (Wildman–Crippen LogP) is 1.91. The molecule has 5 rings (SSSR count). The van der Waals surface area contributed by atoms with E-state index in [9.17, 15) is 31.2 Å². The molecule has 3 heterocycles. The van der Waals surface area contributed by atoms with Gasteiger partial charge in [-0.3, -0.25) is 9.59 Å². The molecule has 220 valence electrons. The fourth-order valence-electron chi connectivity index (χ4n) is 5.12. The molecule has 1 aliphatic heterocycles. The summed E-state index contributed by atoms with van der Waals surface area (Å²) in [7, 11) is -2.84. The van der Waals surface area contributed by atoms with Crippen molar-refractivity contribution in [3.05, 3.63) is 70.2 Å². The molecule has 1 aliphatic carbocycles. The van der Waals surface area contributed by atoms with Crippen LogP contribution in [-0.4, -0.2) is 67.2 Å². The van der Waals surface area contributed by atoms with E-state index in [1.165, 1.54) is 37.6 Å². The highest BCUT2D eigenvalue weighted by Gasteiger charge is 2.47. The van der Waals surface area contributed by atoms with E-state index in [4.69, 9.17) is 14.7 Å². The summed E-state index contributed by atoms with van der Waals surface area (Å²) < 4.78 is 75.4. The largest absolute Gasteiger partial charge is 0.484 e. The number of sulfonamides is 1. The summed E-state index contributed by atoms with van der Waals surface area (Å²) >= 11 is 0. The standard InChI is InChI=1S/C26H23F3N6O6S/c1-40-8-9-42(38,39)34-24(37)22-21-19(33-35(22)20-5-2-15(12-30)13-31-20)11-25(32-23(21)36)7-6-16-10-17(3-4-18(16)25)41-14-26(27,28)29/h2-5,10,13H,6-9,11,14H2,1H3,(H,32,36)(H,34,37)/t25-/m0/s1. The molecule has 2 aliphatic rings. The number of halogens is 3. The molecule has 1 atom stereocenters. The maximum atomic E-state index is 13.6. The number of benzene rings is 1. The molecule has 0 saturated heterocycles. The normalized spacial score (nSPS) is 17.7. The van der Waals surface area contributed by atoms with Gasteiger partial charge in [0.05, 0.1) is 34.7 Å². The van der Waals surface area contributed by atoms with Gasteiger partial charge in [0, 0.05) is 19.7 Å². The van der Waals surface area contributed by atoms with Crippen molar-refractivity contribution in [2.45, 2.75) is 31.0 Å². The molecule has 42 heavy (non-hydrogen) atoms. The number of amides is 2. The molecule has 1 spiro atoms. The van der Waals surface area contributed by atoms with Gasteiger partial charge in [-0.1, -0.05) is 6.07 Å².